The Morgan fingerprint density at radius 2 is 2.00 bits per heavy atom. The van der Waals surface area contributed by atoms with Gasteiger partial charge in [0.05, 0.1) is 12.8 Å². The quantitative estimate of drug-likeness (QED) is 0.640. The van der Waals surface area contributed by atoms with E-state index in [0.717, 1.165) is 6.42 Å². The van der Waals surface area contributed by atoms with Crippen LogP contribution in [0, 0.1) is 5.92 Å². The molecule has 1 aromatic carbocycles. The second kappa shape index (κ2) is 10.4. The minimum absolute atomic E-state index is 0.0316. The third-order valence-corrected chi connectivity index (χ3v) is 5.03. The SMILES string of the molecule is COc1ccccc1NC(=O)CC(C)NC(CCO)C1CCCCC1. The van der Waals surface area contributed by atoms with Crippen molar-refractivity contribution in [3.8, 4) is 5.75 Å². The summed E-state index contributed by atoms with van der Waals surface area (Å²) in [4.78, 5) is 12.4. The van der Waals surface area contributed by atoms with E-state index in [4.69, 9.17) is 4.74 Å². The zero-order chi connectivity index (χ0) is 18.1. The molecule has 1 aromatic rings. The smallest absolute Gasteiger partial charge is 0.226 e. The second-order valence-corrected chi connectivity index (χ2v) is 7.04. The predicted molar refractivity (Wildman–Crippen MR) is 101 cm³/mol. The summed E-state index contributed by atoms with van der Waals surface area (Å²) in [6.07, 6.45) is 7.46. The number of carbonyl (C=O) groups excluding carboxylic acids is 1. The van der Waals surface area contributed by atoms with Gasteiger partial charge in [-0.15, -0.1) is 0 Å². The molecule has 140 valence electrons. The molecule has 1 amide bonds. The van der Waals surface area contributed by atoms with Gasteiger partial charge >= 0.3 is 0 Å². The Morgan fingerprint density at radius 1 is 1.28 bits per heavy atom. The van der Waals surface area contributed by atoms with E-state index in [-0.39, 0.29) is 18.6 Å². The van der Waals surface area contributed by atoms with Gasteiger partial charge in [-0.25, -0.2) is 0 Å². The van der Waals surface area contributed by atoms with Gasteiger partial charge < -0.3 is 20.5 Å². The summed E-state index contributed by atoms with van der Waals surface area (Å²) in [5.74, 6) is 1.24. The first kappa shape index (κ1) is 19.7. The predicted octanol–water partition coefficient (Wildman–Crippen LogP) is 3.33. The van der Waals surface area contributed by atoms with E-state index in [1.807, 2.05) is 31.2 Å². The molecular formula is C20H32N2O3. The molecule has 3 N–H and O–H groups in total. The van der Waals surface area contributed by atoms with Crippen molar-refractivity contribution in [2.45, 2.75) is 64.0 Å². The molecule has 2 rings (SSSR count). The molecule has 1 aliphatic rings. The fraction of sp³-hybridized carbons (Fsp3) is 0.650. The van der Waals surface area contributed by atoms with Gasteiger partial charge in [0.25, 0.3) is 0 Å². The van der Waals surface area contributed by atoms with Crippen LogP contribution >= 0.6 is 0 Å². The molecule has 5 heteroatoms. The van der Waals surface area contributed by atoms with Gasteiger partial charge in [0.2, 0.25) is 5.91 Å². The molecule has 0 heterocycles. The number of amides is 1. The number of nitrogens with one attached hydrogen (secondary N) is 2. The van der Waals surface area contributed by atoms with Crippen LogP contribution in [0.1, 0.15) is 51.9 Å². The van der Waals surface area contributed by atoms with E-state index in [2.05, 4.69) is 10.6 Å². The summed E-state index contributed by atoms with van der Waals surface area (Å²) >= 11 is 0. The lowest BCUT2D eigenvalue weighted by Gasteiger charge is -2.33. The van der Waals surface area contributed by atoms with Crippen molar-refractivity contribution >= 4 is 11.6 Å². The van der Waals surface area contributed by atoms with Gasteiger partial charge in [0, 0.05) is 25.1 Å². The van der Waals surface area contributed by atoms with E-state index in [1.165, 1.54) is 32.1 Å². The number of carbonyl (C=O) groups is 1. The number of methoxy groups -OCH3 is 1. The highest BCUT2D eigenvalue weighted by Gasteiger charge is 2.25. The average molecular weight is 348 g/mol. The molecule has 1 aliphatic carbocycles. The maximum Gasteiger partial charge on any atom is 0.226 e. The monoisotopic (exact) mass is 348 g/mol. The highest BCUT2D eigenvalue weighted by molar-refractivity contribution is 5.92. The molecule has 0 aliphatic heterocycles. The Labute approximate surface area is 151 Å². The van der Waals surface area contributed by atoms with Crippen LogP contribution in [0.2, 0.25) is 0 Å². The number of rotatable bonds is 9. The molecule has 5 nitrogen and oxygen atoms in total. The Hall–Kier alpha value is -1.59. The first-order valence-corrected chi connectivity index (χ1v) is 9.43. The molecule has 1 saturated carbocycles. The Bertz CT molecular complexity index is 529. The lowest BCUT2D eigenvalue weighted by Crippen LogP contribution is -2.44. The average Bonchev–Trinajstić information content (AvgIpc) is 2.62. The fourth-order valence-electron chi connectivity index (χ4n) is 3.78. The van der Waals surface area contributed by atoms with E-state index >= 15 is 0 Å². The highest BCUT2D eigenvalue weighted by atomic mass is 16.5. The van der Waals surface area contributed by atoms with Crippen LogP contribution in [0.25, 0.3) is 0 Å². The maximum atomic E-state index is 12.4. The van der Waals surface area contributed by atoms with Crippen molar-refractivity contribution in [2.24, 2.45) is 5.92 Å². The summed E-state index contributed by atoms with van der Waals surface area (Å²) in [7, 11) is 1.60. The van der Waals surface area contributed by atoms with Gasteiger partial charge in [0.1, 0.15) is 5.75 Å². The fourth-order valence-corrected chi connectivity index (χ4v) is 3.78. The number of hydrogen-bond donors (Lipinski definition) is 3. The van der Waals surface area contributed by atoms with Gasteiger partial charge in [-0.05, 0) is 44.2 Å². The number of ether oxygens (including phenoxy) is 1. The third kappa shape index (κ3) is 6.33. The van der Waals surface area contributed by atoms with Crippen molar-refractivity contribution < 1.29 is 14.6 Å². The minimum atomic E-state index is -0.0316. The van der Waals surface area contributed by atoms with Crippen LogP contribution in [-0.2, 0) is 4.79 Å². The second-order valence-electron chi connectivity index (χ2n) is 7.04. The Kier molecular flexibility index (Phi) is 8.22. The summed E-state index contributed by atoms with van der Waals surface area (Å²) in [6.45, 7) is 2.23. The normalized spacial score (nSPS) is 17.7. The summed E-state index contributed by atoms with van der Waals surface area (Å²) < 4.78 is 5.27. The van der Waals surface area contributed by atoms with Crippen LogP contribution in [-0.4, -0.2) is 36.8 Å². The van der Waals surface area contributed by atoms with E-state index in [9.17, 15) is 9.90 Å². The van der Waals surface area contributed by atoms with E-state index in [1.54, 1.807) is 7.11 Å². The molecule has 0 bridgehead atoms. The minimum Gasteiger partial charge on any atom is -0.495 e. The van der Waals surface area contributed by atoms with Crippen LogP contribution < -0.4 is 15.4 Å². The molecular weight excluding hydrogens is 316 g/mol. The molecule has 25 heavy (non-hydrogen) atoms. The molecule has 2 atom stereocenters. The number of para-hydroxylation sites is 2. The van der Waals surface area contributed by atoms with Crippen molar-refractivity contribution in [1.82, 2.24) is 5.32 Å². The largest absolute Gasteiger partial charge is 0.495 e. The lowest BCUT2D eigenvalue weighted by atomic mass is 9.82. The summed E-state index contributed by atoms with van der Waals surface area (Å²) in [5, 5.41) is 15.9. The van der Waals surface area contributed by atoms with Crippen LogP contribution in [0.3, 0.4) is 0 Å². The van der Waals surface area contributed by atoms with Crippen molar-refractivity contribution in [2.75, 3.05) is 19.0 Å². The Balaban J connectivity index is 1.86. The van der Waals surface area contributed by atoms with Crippen LogP contribution in [0.4, 0.5) is 5.69 Å². The maximum absolute atomic E-state index is 12.4. The van der Waals surface area contributed by atoms with E-state index < -0.39 is 0 Å². The number of aliphatic hydroxyl groups is 1. The number of benzene rings is 1. The van der Waals surface area contributed by atoms with E-state index in [0.29, 0.717) is 29.8 Å². The van der Waals surface area contributed by atoms with Crippen molar-refractivity contribution in [1.29, 1.82) is 0 Å². The van der Waals surface area contributed by atoms with Gasteiger partial charge in [-0.3, -0.25) is 4.79 Å². The van der Waals surface area contributed by atoms with Crippen molar-refractivity contribution in [3.05, 3.63) is 24.3 Å². The zero-order valence-corrected chi connectivity index (χ0v) is 15.5. The standard InChI is InChI=1S/C20H32N2O3/c1-15(21-17(12-13-23)16-8-4-3-5-9-16)14-20(24)22-18-10-6-7-11-19(18)25-2/h6-7,10-11,15-17,21,23H,3-5,8-9,12-14H2,1-2H3,(H,22,24). The van der Waals surface area contributed by atoms with Gasteiger partial charge in [-0.2, -0.15) is 0 Å². The molecule has 0 aromatic heterocycles. The van der Waals surface area contributed by atoms with Crippen LogP contribution in [0.5, 0.6) is 5.75 Å². The first-order chi connectivity index (χ1) is 12.1. The lowest BCUT2D eigenvalue weighted by molar-refractivity contribution is -0.116. The van der Waals surface area contributed by atoms with Gasteiger partial charge in [0.15, 0.2) is 0 Å². The topological polar surface area (TPSA) is 70.6 Å². The number of aliphatic hydroxyl groups excluding tert-OH is 1. The third-order valence-electron chi connectivity index (χ3n) is 5.03. The van der Waals surface area contributed by atoms with Gasteiger partial charge in [-0.1, -0.05) is 31.4 Å². The number of hydrogen-bond acceptors (Lipinski definition) is 4. The Morgan fingerprint density at radius 3 is 2.68 bits per heavy atom. The molecule has 1 fully saturated rings. The molecule has 0 spiro atoms. The molecule has 0 saturated heterocycles. The van der Waals surface area contributed by atoms with Crippen LogP contribution in [0.15, 0.2) is 24.3 Å². The summed E-state index contributed by atoms with van der Waals surface area (Å²) in [5.41, 5.74) is 0.696. The van der Waals surface area contributed by atoms with Crippen molar-refractivity contribution in [3.63, 3.8) is 0 Å². The first-order valence-electron chi connectivity index (χ1n) is 9.43. The molecule has 2 unspecified atom stereocenters. The number of anilines is 1. The summed E-state index contributed by atoms with van der Waals surface area (Å²) in [6, 6.07) is 7.78. The highest BCUT2D eigenvalue weighted by Crippen LogP contribution is 2.28. The zero-order valence-electron chi connectivity index (χ0n) is 15.5. The molecule has 0 radical (unpaired) electrons.